The number of hydrogen-bond donors (Lipinski definition) is 1. The lowest BCUT2D eigenvalue weighted by molar-refractivity contribution is -0.148. The van der Waals surface area contributed by atoms with Crippen LogP contribution < -0.4 is 5.32 Å². The van der Waals surface area contributed by atoms with Gasteiger partial charge in [-0.25, -0.2) is 4.98 Å². The van der Waals surface area contributed by atoms with E-state index in [0.717, 1.165) is 32.4 Å². The molecule has 8 nitrogen and oxygen atoms in total. The standard InChI is InChI=1S/C32H48N4O4S/c1-8-23(4)18-29(38)36(7)27(22(2)3)19-28(40-24(5)37)31-34-26(20-41-31)30(39)33-21-32(14-16-35(6)17-15-32)25-12-10-9-11-13-25/h9-13,20,22-23,27-28H,8,14-19,21H2,1-7H3,(H,33,39)/t23-,27+,28+/m0/s1. The highest BCUT2D eigenvalue weighted by Crippen LogP contribution is 2.35. The van der Waals surface area contributed by atoms with Gasteiger partial charge in [0.25, 0.3) is 5.91 Å². The SMILES string of the molecule is CC[C@H](C)CC(=O)N(C)[C@H](C[C@@H](OC(C)=O)c1nc(C(=O)NCC2(c3ccccc3)CCN(C)CC2)cs1)C(C)C. The van der Waals surface area contributed by atoms with Gasteiger partial charge in [-0.05, 0) is 50.4 Å². The van der Waals surface area contributed by atoms with Crippen LogP contribution in [-0.4, -0.2) is 72.3 Å². The molecule has 9 heteroatoms. The summed E-state index contributed by atoms with van der Waals surface area (Å²) in [6, 6.07) is 10.3. The minimum atomic E-state index is -0.644. The number of rotatable bonds is 13. The maximum Gasteiger partial charge on any atom is 0.303 e. The fraction of sp³-hybridized carbons (Fsp3) is 0.625. The minimum absolute atomic E-state index is 0.0834. The van der Waals surface area contributed by atoms with Crippen molar-refractivity contribution in [1.82, 2.24) is 20.1 Å². The quantitative estimate of drug-likeness (QED) is 0.315. The molecule has 1 aliphatic heterocycles. The van der Waals surface area contributed by atoms with Crippen molar-refractivity contribution in [2.75, 3.05) is 33.7 Å². The maximum absolute atomic E-state index is 13.3. The molecule has 0 radical (unpaired) electrons. The zero-order chi connectivity index (χ0) is 30.2. The van der Waals surface area contributed by atoms with Crippen molar-refractivity contribution in [1.29, 1.82) is 0 Å². The lowest BCUT2D eigenvalue weighted by Gasteiger charge is -2.41. The first-order chi connectivity index (χ1) is 19.5. The lowest BCUT2D eigenvalue weighted by atomic mass is 9.72. The van der Waals surface area contributed by atoms with Crippen LogP contribution in [0, 0.1) is 11.8 Å². The van der Waals surface area contributed by atoms with Crippen LogP contribution in [0.2, 0.25) is 0 Å². The van der Waals surface area contributed by atoms with Crippen molar-refractivity contribution in [3.05, 3.63) is 52.0 Å². The third-order valence-corrected chi connectivity index (χ3v) is 9.53. The van der Waals surface area contributed by atoms with Gasteiger partial charge in [-0.2, -0.15) is 0 Å². The van der Waals surface area contributed by atoms with Crippen LogP contribution in [0.1, 0.15) is 93.9 Å². The van der Waals surface area contributed by atoms with Crippen molar-refractivity contribution >= 4 is 29.1 Å². The molecular formula is C32H48N4O4S. The van der Waals surface area contributed by atoms with Gasteiger partial charge in [0, 0.05) is 50.2 Å². The number of carbonyl (C=O) groups excluding carboxylic acids is 3. The second-order valence-electron chi connectivity index (χ2n) is 12.1. The summed E-state index contributed by atoms with van der Waals surface area (Å²) < 4.78 is 5.72. The van der Waals surface area contributed by atoms with Crippen LogP contribution in [0.25, 0.3) is 0 Å². The number of esters is 1. The van der Waals surface area contributed by atoms with Crippen LogP contribution in [0.15, 0.2) is 35.7 Å². The number of amides is 2. The van der Waals surface area contributed by atoms with Crippen molar-refractivity contribution in [3.8, 4) is 0 Å². The smallest absolute Gasteiger partial charge is 0.303 e. The molecule has 1 saturated heterocycles. The molecule has 0 bridgehead atoms. The highest BCUT2D eigenvalue weighted by molar-refractivity contribution is 7.09. The molecule has 0 saturated carbocycles. The lowest BCUT2D eigenvalue weighted by Crippen LogP contribution is -2.48. The fourth-order valence-electron chi connectivity index (χ4n) is 5.55. The van der Waals surface area contributed by atoms with E-state index in [1.807, 2.05) is 13.1 Å². The first-order valence-corrected chi connectivity index (χ1v) is 15.7. The van der Waals surface area contributed by atoms with E-state index in [1.54, 1.807) is 10.3 Å². The van der Waals surface area contributed by atoms with E-state index in [4.69, 9.17) is 4.74 Å². The van der Waals surface area contributed by atoms with Crippen molar-refractivity contribution in [2.45, 2.75) is 84.3 Å². The first kappa shape index (κ1) is 32.7. The van der Waals surface area contributed by atoms with Gasteiger partial charge in [0.2, 0.25) is 5.91 Å². The Bertz CT molecular complexity index is 1140. The van der Waals surface area contributed by atoms with E-state index in [2.05, 4.69) is 74.2 Å². The Hall–Kier alpha value is -2.78. The van der Waals surface area contributed by atoms with Crippen molar-refractivity contribution in [2.24, 2.45) is 11.8 Å². The van der Waals surface area contributed by atoms with Crippen LogP contribution in [0.5, 0.6) is 0 Å². The van der Waals surface area contributed by atoms with Crippen LogP contribution >= 0.6 is 11.3 Å². The number of thiazole rings is 1. The molecule has 3 atom stereocenters. The number of hydrogen-bond acceptors (Lipinski definition) is 7. The van der Waals surface area contributed by atoms with Gasteiger partial charge in [0.1, 0.15) is 10.7 Å². The molecule has 1 aliphatic rings. The summed E-state index contributed by atoms with van der Waals surface area (Å²) in [4.78, 5) is 47.1. The van der Waals surface area contributed by atoms with Gasteiger partial charge in [0.15, 0.2) is 6.10 Å². The predicted octanol–water partition coefficient (Wildman–Crippen LogP) is 5.45. The molecule has 1 N–H and O–H groups in total. The Morgan fingerprint density at radius 1 is 1.15 bits per heavy atom. The van der Waals surface area contributed by atoms with Crippen molar-refractivity contribution < 1.29 is 19.1 Å². The van der Waals surface area contributed by atoms with Crippen LogP contribution in [-0.2, 0) is 19.7 Å². The normalized spacial score (nSPS) is 17.5. The zero-order valence-electron chi connectivity index (χ0n) is 25.8. The number of ether oxygens (including phenoxy) is 1. The van der Waals surface area contributed by atoms with E-state index >= 15 is 0 Å². The summed E-state index contributed by atoms with van der Waals surface area (Å²) in [5, 5.41) is 5.45. The number of nitrogens with zero attached hydrogens (tertiary/aromatic N) is 3. The van der Waals surface area contributed by atoms with Crippen LogP contribution in [0.3, 0.4) is 0 Å². The average Bonchev–Trinajstić information content (AvgIpc) is 3.45. The third-order valence-electron chi connectivity index (χ3n) is 8.59. The molecule has 0 aliphatic carbocycles. The Balaban J connectivity index is 1.75. The van der Waals surface area contributed by atoms with Gasteiger partial charge in [-0.15, -0.1) is 11.3 Å². The molecule has 2 aromatic rings. The molecule has 226 valence electrons. The molecule has 2 heterocycles. The number of likely N-dealkylation sites (tertiary alicyclic amines) is 1. The Morgan fingerprint density at radius 3 is 2.39 bits per heavy atom. The van der Waals surface area contributed by atoms with Gasteiger partial charge in [-0.1, -0.05) is 64.4 Å². The molecule has 0 unspecified atom stereocenters. The first-order valence-electron chi connectivity index (χ1n) is 14.9. The fourth-order valence-corrected chi connectivity index (χ4v) is 6.39. The summed E-state index contributed by atoms with van der Waals surface area (Å²) in [6.07, 6.45) is 3.12. The molecule has 2 amide bonds. The summed E-state index contributed by atoms with van der Waals surface area (Å²) in [7, 11) is 3.96. The molecule has 41 heavy (non-hydrogen) atoms. The monoisotopic (exact) mass is 584 g/mol. The van der Waals surface area contributed by atoms with Crippen molar-refractivity contribution in [3.63, 3.8) is 0 Å². The summed E-state index contributed by atoms with van der Waals surface area (Å²) >= 11 is 1.31. The van der Waals surface area contributed by atoms with E-state index in [0.29, 0.717) is 36.0 Å². The Labute approximate surface area is 249 Å². The maximum atomic E-state index is 13.3. The molecule has 1 aromatic carbocycles. The largest absolute Gasteiger partial charge is 0.455 e. The Morgan fingerprint density at radius 2 is 1.80 bits per heavy atom. The van der Waals surface area contributed by atoms with E-state index < -0.39 is 12.1 Å². The highest BCUT2D eigenvalue weighted by atomic mass is 32.1. The molecule has 1 aromatic heterocycles. The number of carbonyl (C=O) groups is 3. The third kappa shape index (κ3) is 8.85. The van der Waals surface area contributed by atoms with Gasteiger partial charge in [0.05, 0.1) is 0 Å². The second-order valence-corrected chi connectivity index (χ2v) is 13.0. The number of nitrogens with one attached hydrogen (secondary N) is 1. The van der Waals surface area contributed by atoms with E-state index in [9.17, 15) is 14.4 Å². The van der Waals surface area contributed by atoms with E-state index in [-0.39, 0.29) is 29.2 Å². The van der Waals surface area contributed by atoms with Crippen LogP contribution in [0.4, 0.5) is 0 Å². The number of piperidine rings is 1. The minimum Gasteiger partial charge on any atom is -0.455 e. The van der Waals surface area contributed by atoms with Gasteiger partial charge < -0.3 is 19.9 Å². The van der Waals surface area contributed by atoms with Gasteiger partial charge in [-0.3, -0.25) is 14.4 Å². The molecule has 0 spiro atoms. The summed E-state index contributed by atoms with van der Waals surface area (Å²) in [5.41, 5.74) is 1.44. The molecule has 3 rings (SSSR count). The summed E-state index contributed by atoms with van der Waals surface area (Å²) in [6.45, 7) is 12.1. The average molecular weight is 585 g/mol. The molecule has 1 fully saturated rings. The second kappa shape index (κ2) is 14.9. The number of aromatic nitrogens is 1. The summed E-state index contributed by atoms with van der Waals surface area (Å²) in [5.74, 6) is -0.119. The Kier molecular flexibility index (Phi) is 11.9. The van der Waals surface area contributed by atoms with Gasteiger partial charge >= 0.3 is 5.97 Å². The zero-order valence-corrected chi connectivity index (χ0v) is 26.6. The highest BCUT2D eigenvalue weighted by Gasteiger charge is 2.36. The predicted molar refractivity (Wildman–Crippen MR) is 164 cm³/mol. The number of benzene rings is 1. The molecular weight excluding hydrogens is 536 g/mol. The van der Waals surface area contributed by atoms with E-state index in [1.165, 1.54) is 23.8 Å². The topological polar surface area (TPSA) is 91.8 Å².